The maximum Gasteiger partial charge on any atom is 0.275 e. The first-order valence-electron chi connectivity index (χ1n) is 9.00. The second-order valence-corrected chi connectivity index (χ2v) is 8.09. The third-order valence-electron chi connectivity index (χ3n) is 4.60. The number of rotatable bonds is 4. The molecule has 1 aliphatic rings. The molecular formula is C20H19ClN4O2S. The maximum absolute atomic E-state index is 12.9. The molecule has 1 saturated heterocycles. The van der Waals surface area contributed by atoms with Gasteiger partial charge in [-0.15, -0.1) is 0 Å². The summed E-state index contributed by atoms with van der Waals surface area (Å²) in [6, 6.07) is 14.4. The quantitative estimate of drug-likeness (QED) is 0.709. The van der Waals surface area contributed by atoms with Crippen LogP contribution >= 0.6 is 23.4 Å². The smallest absolute Gasteiger partial charge is 0.275 e. The number of hydrogen-bond acceptors (Lipinski definition) is 5. The number of para-hydroxylation sites is 1. The van der Waals surface area contributed by atoms with Crippen LogP contribution < -0.4 is 15.8 Å². The van der Waals surface area contributed by atoms with Crippen molar-refractivity contribution in [1.29, 1.82) is 0 Å². The number of benzene rings is 2. The summed E-state index contributed by atoms with van der Waals surface area (Å²) in [5, 5.41) is 9.13. The summed E-state index contributed by atoms with van der Waals surface area (Å²) < 4.78 is 1.24. The van der Waals surface area contributed by atoms with E-state index in [2.05, 4.69) is 15.3 Å². The van der Waals surface area contributed by atoms with E-state index in [0.717, 1.165) is 35.8 Å². The lowest BCUT2D eigenvalue weighted by molar-refractivity contribution is -0.117. The number of halogens is 1. The summed E-state index contributed by atoms with van der Waals surface area (Å²) >= 11 is 8.00. The molecule has 28 heavy (non-hydrogen) atoms. The van der Waals surface area contributed by atoms with Gasteiger partial charge in [-0.05, 0) is 18.2 Å². The van der Waals surface area contributed by atoms with Crippen molar-refractivity contribution < 1.29 is 4.79 Å². The molecule has 144 valence electrons. The molecule has 1 fully saturated rings. The second kappa shape index (κ2) is 8.24. The zero-order valence-electron chi connectivity index (χ0n) is 15.1. The largest absolute Gasteiger partial charge is 0.353 e. The van der Waals surface area contributed by atoms with E-state index in [-0.39, 0.29) is 18.0 Å². The van der Waals surface area contributed by atoms with E-state index >= 15 is 0 Å². The van der Waals surface area contributed by atoms with E-state index in [9.17, 15) is 9.59 Å². The van der Waals surface area contributed by atoms with E-state index in [4.69, 9.17) is 11.6 Å². The van der Waals surface area contributed by atoms with Gasteiger partial charge in [0, 0.05) is 30.0 Å². The summed E-state index contributed by atoms with van der Waals surface area (Å²) in [5.41, 5.74) is 0.233. The third-order valence-corrected chi connectivity index (χ3v) is 5.87. The van der Waals surface area contributed by atoms with Crippen molar-refractivity contribution in [2.75, 3.05) is 34.8 Å². The van der Waals surface area contributed by atoms with E-state index < -0.39 is 0 Å². The van der Waals surface area contributed by atoms with E-state index in [0.29, 0.717) is 16.1 Å². The van der Waals surface area contributed by atoms with Crippen LogP contribution in [0, 0.1) is 0 Å². The molecular weight excluding hydrogens is 396 g/mol. The highest BCUT2D eigenvalue weighted by molar-refractivity contribution is 7.99. The molecule has 0 saturated carbocycles. The maximum atomic E-state index is 12.9. The Morgan fingerprint density at radius 1 is 1.07 bits per heavy atom. The average molecular weight is 415 g/mol. The Labute approximate surface area is 171 Å². The Kier molecular flexibility index (Phi) is 5.54. The van der Waals surface area contributed by atoms with E-state index in [1.165, 1.54) is 4.68 Å². The van der Waals surface area contributed by atoms with Crippen LogP contribution in [-0.4, -0.2) is 40.3 Å². The van der Waals surface area contributed by atoms with Crippen molar-refractivity contribution in [3.63, 3.8) is 0 Å². The van der Waals surface area contributed by atoms with Gasteiger partial charge in [-0.2, -0.15) is 16.9 Å². The van der Waals surface area contributed by atoms with Crippen LogP contribution in [0.2, 0.25) is 5.02 Å². The number of amides is 1. The van der Waals surface area contributed by atoms with Crippen molar-refractivity contribution in [3.05, 3.63) is 63.9 Å². The fourth-order valence-electron chi connectivity index (χ4n) is 3.22. The number of carbonyl (C=O) groups excluding carboxylic acids is 1. The SMILES string of the molecule is O=C(Cn1nc(N2CCSCC2)c2ccccc2c1=O)Nc1ccccc1Cl. The Balaban J connectivity index is 1.68. The minimum absolute atomic E-state index is 0.176. The number of hydrogen-bond donors (Lipinski definition) is 1. The minimum Gasteiger partial charge on any atom is -0.353 e. The molecule has 0 bridgehead atoms. The highest BCUT2D eigenvalue weighted by Crippen LogP contribution is 2.25. The molecule has 0 aliphatic carbocycles. The van der Waals surface area contributed by atoms with Gasteiger partial charge in [0.25, 0.3) is 5.56 Å². The first-order chi connectivity index (χ1) is 13.6. The van der Waals surface area contributed by atoms with Gasteiger partial charge in [0.2, 0.25) is 5.91 Å². The molecule has 0 radical (unpaired) electrons. The lowest BCUT2D eigenvalue weighted by Gasteiger charge is -2.28. The molecule has 1 N–H and O–H groups in total. The van der Waals surface area contributed by atoms with Crippen LogP contribution in [0.15, 0.2) is 53.3 Å². The first-order valence-corrected chi connectivity index (χ1v) is 10.5. The number of fused-ring (bicyclic) bond motifs is 1. The van der Waals surface area contributed by atoms with Crippen LogP contribution in [0.25, 0.3) is 10.8 Å². The zero-order chi connectivity index (χ0) is 19.5. The normalized spacial score (nSPS) is 14.2. The molecule has 6 nitrogen and oxygen atoms in total. The van der Waals surface area contributed by atoms with Crippen LogP contribution in [0.5, 0.6) is 0 Å². The van der Waals surface area contributed by atoms with Crippen molar-refractivity contribution in [2.24, 2.45) is 0 Å². The standard InChI is InChI=1S/C20H19ClN4O2S/c21-16-7-3-4-8-17(16)22-18(26)13-25-20(27)15-6-2-1-5-14(15)19(23-25)24-9-11-28-12-10-24/h1-8H,9-13H2,(H,22,26). The number of anilines is 2. The lowest BCUT2D eigenvalue weighted by atomic mass is 10.1. The summed E-state index contributed by atoms with van der Waals surface area (Å²) in [4.78, 5) is 27.6. The number of nitrogens with one attached hydrogen (secondary N) is 1. The molecule has 1 amide bonds. The van der Waals surface area contributed by atoms with Crippen molar-refractivity contribution >= 4 is 51.5 Å². The summed E-state index contributed by atoms with van der Waals surface area (Å²) in [6.07, 6.45) is 0. The Morgan fingerprint density at radius 3 is 2.50 bits per heavy atom. The Morgan fingerprint density at radius 2 is 1.75 bits per heavy atom. The van der Waals surface area contributed by atoms with Gasteiger partial charge in [-0.3, -0.25) is 9.59 Å². The van der Waals surface area contributed by atoms with Gasteiger partial charge in [0.05, 0.1) is 16.1 Å². The molecule has 0 atom stereocenters. The van der Waals surface area contributed by atoms with Gasteiger partial charge < -0.3 is 10.2 Å². The summed E-state index contributed by atoms with van der Waals surface area (Å²) in [6.45, 7) is 1.56. The summed E-state index contributed by atoms with van der Waals surface area (Å²) in [7, 11) is 0. The van der Waals surface area contributed by atoms with Gasteiger partial charge in [-0.25, -0.2) is 4.68 Å². The topological polar surface area (TPSA) is 67.2 Å². The molecule has 8 heteroatoms. The van der Waals surface area contributed by atoms with E-state index in [1.807, 2.05) is 30.0 Å². The van der Waals surface area contributed by atoms with Gasteiger partial charge >= 0.3 is 0 Å². The molecule has 3 aromatic rings. The number of aromatic nitrogens is 2. The summed E-state index contributed by atoms with van der Waals surface area (Å²) in [5.74, 6) is 2.43. The fraction of sp³-hybridized carbons (Fsp3) is 0.250. The number of nitrogens with zero attached hydrogens (tertiary/aromatic N) is 3. The molecule has 1 aromatic heterocycles. The van der Waals surface area contributed by atoms with Crippen LogP contribution in [0.3, 0.4) is 0 Å². The zero-order valence-corrected chi connectivity index (χ0v) is 16.7. The Bertz CT molecular complexity index is 1080. The fourth-order valence-corrected chi connectivity index (χ4v) is 4.31. The van der Waals surface area contributed by atoms with E-state index in [1.54, 1.807) is 30.3 Å². The number of carbonyl (C=O) groups is 1. The molecule has 2 aromatic carbocycles. The van der Waals surface area contributed by atoms with Crippen LogP contribution in [0.1, 0.15) is 0 Å². The predicted octanol–water partition coefficient (Wildman–Crippen LogP) is 3.24. The number of thioether (sulfide) groups is 1. The predicted molar refractivity (Wildman–Crippen MR) is 116 cm³/mol. The van der Waals surface area contributed by atoms with Gasteiger partial charge in [-0.1, -0.05) is 41.9 Å². The molecule has 2 heterocycles. The van der Waals surface area contributed by atoms with Gasteiger partial charge in [0.1, 0.15) is 6.54 Å². The minimum atomic E-state index is -0.349. The van der Waals surface area contributed by atoms with Crippen molar-refractivity contribution in [2.45, 2.75) is 6.54 Å². The molecule has 1 aliphatic heterocycles. The lowest BCUT2D eigenvalue weighted by Crippen LogP contribution is -2.37. The molecule has 0 unspecified atom stereocenters. The molecule has 4 rings (SSSR count). The monoisotopic (exact) mass is 414 g/mol. The van der Waals surface area contributed by atoms with Crippen LogP contribution in [-0.2, 0) is 11.3 Å². The first kappa shape index (κ1) is 18.8. The Hall–Kier alpha value is -2.51. The van der Waals surface area contributed by atoms with Crippen molar-refractivity contribution in [3.8, 4) is 0 Å². The second-order valence-electron chi connectivity index (χ2n) is 6.46. The van der Waals surface area contributed by atoms with Gasteiger partial charge in [0.15, 0.2) is 5.82 Å². The van der Waals surface area contributed by atoms with Crippen LogP contribution in [0.4, 0.5) is 11.5 Å². The highest BCUT2D eigenvalue weighted by Gasteiger charge is 2.19. The average Bonchev–Trinajstić information content (AvgIpc) is 2.72. The molecule has 0 spiro atoms. The van der Waals surface area contributed by atoms with Crippen molar-refractivity contribution in [1.82, 2.24) is 9.78 Å². The third kappa shape index (κ3) is 3.86. The highest BCUT2D eigenvalue weighted by atomic mass is 35.5.